The first-order valence-corrected chi connectivity index (χ1v) is 3.93. The first kappa shape index (κ1) is 14.7. The van der Waals surface area contributed by atoms with E-state index in [9.17, 15) is 5.11 Å². The maximum absolute atomic E-state index is 9.39. The molecular formula is C8H20ClNO2. The average molecular weight is 198 g/mol. The van der Waals surface area contributed by atoms with E-state index in [4.69, 9.17) is 10.5 Å². The van der Waals surface area contributed by atoms with Crippen LogP contribution in [0.25, 0.3) is 0 Å². The van der Waals surface area contributed by atoms with Gasteiger partial charge in [0.2, 0.25) is 0 Å². The zero-order valence-corrected chi connectivity index (χ0v) is 9.02. The zero-order valence-electron chi connectivity index (χ0n) is 8.20. The van der Waals surface area contributed by atoms with Crippen LogP contribution in [0.15, 0.2) is 0 Å². The van der Waals surface area contributed by atoms with Crippen molar-refractivity contribution in [3.05, 3.63) is 0 Å². The molecule has 0 rings (SSSR count). The van der Waals surface area contributed by atoms with Crippen LogP contribution >= 0.6 is 12.4 Å². The van der Waals surface area contributed by atoms with Crippen LogP contribution in [0.1, 0.15) is 27.7 Å². The summed E-state index contributed by atoms with van der Waals surface area (Å²) in [4.78, 5) is 0. The Bertz CT molecular complexity index is 112. The molecule has 0 saturated heterocycles. The maximum atomic E-state index is 9.39. The van der Waals surface area contributed by atoms with Crippen LogP contribution < -0.4 is 5.73 Å². The van der Waals surface area contributed by atoms with Crippen LogP contribution in [0.4, 0.5) is 0 Å². The van der Waals surface area contributed by atoms with Crippen LogP contribution in [-0.4, -0.2) is 29.5 Å². The molecule has 3 N–H and O–H groups in total. The molecule has 0 bridgehead atoms. The quantitative estimate of drug-likeness (QED) is 0.705. The van der Waals surface area contributed by atoms with Crippen molar-refractivity contribution >= 4 is 12.4 Å². The highest BCUT2D eigenvalue weighted by Gasteiger charge is 2.22. The fourth-order valence-corrected chi connectivity index (χ4v) is 0.500. The Morgan fingerprint density at radius 3 is 2.08 bits per heavy atom. The van der Waals surface area contributed by atoms with Crippen molar-refractivity contribution in [1.29, 1.82) is 0 Å². The standard InChI is InChI=1S/C8H19NO2.ClH/c1-6(2)11-5-7(9)8(3,4)10;/h6-7,10H,5,9H2,1-4H3;1H/t7-;/m0./s1. The minimum atomic E-state index is -0.852. The molecule has 0 aliphatic rings. The smallest absolute Gasteiger partial charge is 0.0764 e. The van der Waals surface area contributed by atoms with E-state index in [0.29, 0.717) is 6.61 Å². The number of hydrogen-bond donors (Lipinski definition) is 2. The Kier molecular flexibility index (Phi) is 7.04. The highest BCUT2D eigenvalue weighted by atomic mass is 35.5. The van der Waals surface area contributed by atoms with Crippen LogP contribution in [0, 0.1) is 0 Å². The van der Waals surface area contributed by atoms with Gasteiger partial charge in [-0.2, -0.15) is 0 Å². The molecule has 3 nitrogen and oxygen atoms in total. The van der Waals surface area contributed by atoms with Crippen molar-refractivity contribution in [2.24, 2.45) is 5.73 Å². The molecule has 0 saturated carbocycles. The predicted molar refractivity (Wildman–Crippen MR) is 52.6 cm³/mol. The van der Waals surface area contributed by atoms with Gasteiger partial charge in [-0.15, -0.1) is 12.4 Å². The number of ether oxygens (including phenoxy) is 1. The third kappa shape index (κ3) is 6.85. The largest absolute Gasteiger partial charge is 0.389 e. The SMILES string of the molecule is CC(C)OC[C@H](N)C(C)(C)O.Cl. The van der Waals surface area contributed by atoms with E-state index in [1.807, 2.05) is 13.8 Å². The highest BCUT2D eigenvalue weighted by Crippen LogP contribution is 2.06. The Balaban J connectivity index is 0. The molecule has 0 aromatic carbocycles. The zero-order chi connectivity index (χ0) is 9.07. The van der Waals surface area contributed by atoms with Crippen molar-refractivity contribution in [3.8, 4) is 0 Å². The van der Waals surface area contributed by atoms with Crippen molar-refractivity contribution in [2.75, 3.05) is 6.61 Å². The van der Waals surface area contributed by atoms with Gasteiger partial charge in [0.1, 0.15) is 0 Å². The first-order chi connectivity index (χ1) is 4.84. The minimum Gasteiger partial charge on any atom is -0.389 e. The van der Waals surface area contributed by atoms with Gasteiger partial charge in [0.25, 0.3) is 0 Å². The third-order valence-electron chi connectivity index (χ3n) is 1.52. The fraction of sp³-hybridized carbons (Fsp3) is 1.00. The normalized spacial score (nSPS) is 14.2. The van der Waals surface area contributed by atoms with Crippen molar-refractivity contribution in [1.82, 2.24) is 0 Å². The van der Waals surface area contributed by atoms with Gasteiger partial charge in [-0.1, -0.05) is 0 Å². The lowest BCUT2D eigenvalue weighted by molar-refractivity contribution is -0.00863. The second-order valence-corrected chi connectivity index (χ2v) is 3.64. The summed E-state index contributed by atoms with van der Waals surface area (Å²) in [5.41, 5.74) is 4.77. The molecule has 0 amide bonds. The number of nitrogens with two attached hydrogens (primary N) is 1. The van der Waals surface area contributed by atoms with Crippen LogP contribution in [0.2, 0.25) is 0 Å². The van der Waals surface area contributed by atoms with Crippen molar-refractivity contribution in [2.45, 2.75) is 45.4 Å². The lowest BCUT2D eigenvalue weighted by Gasteiger charge is -2.26. The number of halogens is 1. The van der Waals surface area contributed by atoms with E-state index >= 15 is 0 Å². The van der Waals surface area contributed by atoms with E-state index in [-0.39, 0.29) is 24.6 Å². The van der Waals surface area contributed by atoms with Gasteiger partial charge >= 0.3 is 0 Å². The Morgan fingerprint density at radius 1 is 1.42 bits per heavy atom. The molecule has 0 fully saturated rings. The minimum absolute atomic E-state index is 0. The fourth-order valence-electron chi connectivity index (χ4n) is 0.500. The molecule has 0 aliphatic carbocycles. The molecular weight excluding hydrogens is 178 g/mol. The van der Waals surface area contributed by atoms with Gasteiger partial charge in [-0.3, -0.25) is 0 Å². The molecule has 4 heteroatoms. The topological polar surface area (TPSA) is 55.5 Å². The summed E-state index contributed by atoms with van der Waals surface area (Å²) in [6.45, 7) is 7.65. The van der Waals surface area contributed by atoms with Gasteiger partial charge in [-0.25, -0.2) is 0 Å². The predicted octanol–water partition coefficient (Wildman–Crippen LogP) is 0.931. The number of rotatable bonds is 4. The number of hydrogen-bond acceptors (Lipinski definition) is 3. The molecule has 0 heterocycles. The Hall–Kier alpha value is 0.170. The molecule has 0 spiro atoms. The molecule has 12 heavy (non-hydrogen) atoms. The van der Waals surface area contributed by atoms with Crippen LogP contribution in [0.3, 0.4) is 0 Å². The van der Waals surface area contributed by atoms with Gasteiger partial charge < -0.3 is 15.6 Å². The molecule has 0 unspecified atom stereocenters. The van der Waals surface area contributed by atoms with E-state index < -0.39 is 5.60 Å². The second kappa shape index (κ2) is 5.75. The van der Waals surface area contributed by atoms with Crippen LogP contribution in [-0.2, 0) is 4.74 Å². The summed E-state index contributed by atoms with van der Waals surface area (Å²) >= 11 is 0. The van der Waals surface area contributed by atoms with Crippen molar-refractivity contribution in [3.63, 3.8) is 0 Å². The highest BCUT2D eigenvalue weighted by molar-refractivity contribution is 5.85. The monoisotopic (exact) mass is 197 g/mol. The maximum Gasteiger partial charge on any atom is 0.0764 e. The summed E-state index contributed by atoms with van der Waals surface area (Å²) in [6.07, 6.45) is 0.170. The Morgan fingerprint density at radius 2 is 1.83 bits per heavy atom. The van der Waals surface area contributed by atoms with Crippen molar-refractivity contribution < 1.29 is 9.84 Å². The molecule has 0 radical (unpaired) electrons. The summed E-state index contributed by atoms with van der Waals surface area (Å²) in [5.74, 6) is 0. The van der Waals surface area contributed by atoms with Gasteiger partial charge in [0.05, 0.1) is 24.4 Å². The molecule has 1 atom stereocenters. The molecule has 0 aromatic rings. The summed E-state index contributed by atoms with van der Waals surface area (Å²) in [6, 6.07) is -0.315. The van der Waals surface area contributed by atoms with E-state index in [1.165, 1.54) is 0 Å². The number of aliphatic hydroxyl groups is 1. The van der Waals surface area contributed by atoms with E-state index in [0.717, 1.165) is 0 Å². The van der Waals surface area contributed by atoms with Gasteiger partial charge in [0, 0.05) is 0 Å². The summed E-state index contributed by atoms with van der Waals surface area (Å²) < 4.78 is 5.25. The summed E-state index contributed by atoms with van der Waals surface area (Å²) in [5, 5.41) is 9.39. The Labute approximate surface area is 80.7 Å². The van der Waals surface area contributed by atoms with E-state index in [2.05, 4.69) is 0 Å². The lowest BCUT2D eigenvalue weighted by atomic mass is 10.0. The third-order valence-corrected chi connectivity index (χ3v) is 1.52. The van der Waals surface area contributed by atoms with Gasteiger partial charge in [-0.05, 0) is 27.7 Å². The first-order valence-electron chi connectivity index (χ1n) is 3.93. The van der Waals surface area contributed by atoms with Gasteiger partial charge in [0.15, 0.2) is 0 Å². The molecule has 76 valence electrons. The second-order valence-electron chi connectivity index (χ2n) is 3.64. The molecule has 0 aliphatic heterocycles. The van der Waals surface area contributed by atoms with E-state index in [1.54, 1.807) is 13.8 Å². The summed E-state index contributed by atoms with van der Waals surface area (Å²) in [7, 11) is 0. The lowest BCUT2D eigenvalue weighted by Crippen LogP contribution is -2.46. The van der Waals surface area contributed by atoms with Crippen LogP contribution in [0.5, 0.6) is 0 Å². The average Bonchev–Trinajstić information content (AvgIpc) is 1.80. The molecule has 0 aromatic heterocycles.